The smallest absolute Gasteiger partial charge is 0.250 e. The molecule has 2 aromatic rings. The minimum atomic E-state index is -1.10. The molecule has 1 N–H and O–H groups in total. The van der Waals surface area contributed by atoms with Gasteiger partial charge in [0, 0.05) is 17.3 Å². The van der Waals surface area contributed by atoms with Crippen LogP contribution in [0.4, 0.5) is 11.4 Å². The number of nitrogens with one attached hydrogen (secondary N) is 1. The molecular weight excluding hydrogens is 378 g/mol. The summed E-state index contributed by atoms with van der Waals surface area (Å²) in [4.78, 5) is 44.8. The molecule has 0 aliphatic carbocycles. The van der Waals surface area contributed by atoms with E-state index in [1.807, 2.05) is 56.3 Å². The van der Waals surface area contributed by atoms with E-state index in [1.54, 1.807) is 0 Å². The molecule has 3 fully saturated rings. The van der Waals surface area contributed by atoms with Crippen molar-refractivity contribution in [1.82, 2.24) is 4.90 Å². The number of amides is 3. The Hall–Kier alpha value is -2.99. The molecule has 4 aliphatic rings. The maximum absolute atomic E-state index is 13.9. The molecule has 3 saturated heterocycles. The van der Waals surface area contributed by atoms with Gasteiger partial charge in [-0.1, -0.05) is 36.4 Å². The largest absolute Gasteiger partial charge is 0.324 e. The molecule has 0 bridgehead atoms. The predicted octanol–water partition coefficient (Wildman–Crippen LogP) is 2.73. The van der Waals surface area contributed by atoms with Crippen molar-refractivity contribution < 1.29 is 14.4 Å². The number of hydrogen-bond donors (Lipinski definition) is 1. The Morgan fingerprint density at radius 2 is 1.70 bits per heavy atom. The maximum Gasteiger partial charge on any atom is 0.250 e. The number of carbonyl (C=O) groups excluding carboxylic acids is 3. The Bertz CT molecular complexity index is 1120. The van der Waals surface area contributed by atoms with Crippen LogP contribution in [0.1, 0.15) is 29.5 Å². The molecular formula is C24H23N3O3. The first-order valence-corrected chi connectivity index (χ1v) is 10.6. The highest BCUT2D eigenvalue weighted by atomic mass is 16.2. The van der Waals surface area contributed by atoms with Crippen LogP contribution in [0.3, 0.4) is 0 Å². The molecule has 0 radical (unpaired) electrons. The zero-order valence-electron chi connectivity index (χ0n) is 17.0. The molecule has 1 spiro atoms. The second-order valence-corrected chi connectivity index (χ2v) is 8.92. The molecule has 6 rings (SSSR count). The molecule has 3 amide bonds. The molecule has 6 nitrogen and oxygen atoms in total. The first-order valence-electron chi connectivity index (χ1n) is 10.6. The molecule has 152 valence electrons. The first kappa shape index (κ1) is 17.8. The Morgan fingerprint density at radius 1 is 0.967 bits per heavy atom. The van der Waals surface area contributed by atoms with Gasteiger partial charge in [-0.05, 0) is 50.4 Å². The third-order valence-electron chi connectivity index (χ3n) is 7.56. The van der Waals surface area contributed by atoms with Gasteiger partial charge in [0.1, 0.15) is 5.54 Å². The first-order chi connectivity index (χ1) is 14.5. The van der Waals surface area contributed by atoms with Crippen LogP contribution in [-0.2, 0) is 19.9 Å². The number of carbonyl (C=O) groups is 3. The lowest BCUT2D eigenvalue weighted by Crippen LogP contribution is -2.54. The minimum Gasteiger partial charge on any atom is -0.324 e. The van der Waals surface area contributed by atoms with Gasteiger partial charge in [0.15, 0.2) is 0 Å². The second kappa shape index (κ2) is 5.79. The van der Waals surface area contributed by atoms with E-state index in [9.17, 15) is 14.4 Å². The summed E-state index contributed by atoms with van der Waals surface area (Å²) >= 11 is 0. The van der Waals surface area contributed by atoms with Gasteiger partial charge in [-0.15, -0.1) is 0 Å². The van der Waals surface area contributed by atoms with Crippen molar-refractivity contribution in [3.8, 4) is 0 Å². The van der Waals surface area contributed by atoms with E-state index in [1.165, 1.54) is 4.90 Å². The van der Waals surface area contributed by atoms with Gasteiger partial charge >= 0.3 is 0 Å². The van der Waals surface area contributed by atoms with E-state index >= 15 is 0 Å². The van der Waals surface area contributed by atoms with Gasteiger partial charge < -0.3 is 5.32 Å². The van der Waals surface area contributed by atoms with Gasteiger partial charge in [0.2, 0.25) is 17.7 Å². The Kier molecular flexibility index (Phi) is 3.44. The number of aryl methyl sites for hydroxylation is 2. The van der Waals surface area contributed by atoms with Gasteiger partial charge in [-0.3, -0.25) is 19.3 Å². The molecule has 2 aromatic carbocycles. The quantitative estimate of drug-likeness (QED) is 0.746. The fraction of sp³-hybridized carbons (Fsp3) is 0.375. The van der Waals surface area contributed by atoms with Gasteiger partial charge in [-0.25, -0.2) is 4.90 Å². The normalized spacial score (nSPS) is 32.0. The molecule has 0 saturated carbocycles. The third kappa shape index (κ3) is 1.86. The Balaban J connectivity index is 1.58. The number of benzene rings is 2. The lowest BCUT2D eigenvalue weighted by Gasteiger charge is -2.36. The number of nitrogens with zero attached hydrogens (tertiary/aromatic N) is 2. The Labute approximate surface area is 174 Å². The van der Waals surface area contributed by atoms with Gasteiger partial charge in [-0.2, -0.15) is 0 Å². The molecule has 4 atom stereocenters. The molecule has 4 aliphatic heterocycles. The monoisotopic (exact) mass is 401 g/mol. The third-order valence-corrected chi connectivity index (χ3v) is 7.56. The highest BCUT2D eigenvalue weighted by Gasteiger charge is 2.74. The van der Waals surface area contributed by atoms with Crippen molar-refractivity contribution in [2.24, 2.45) is 11.8 Å². The lowest BCUT2D eigenvalue weighted by molar-refractivity contribution is -0.135. The van der Waals surface area contributed by atoms with Crippen LogP contribution in [0.5, 0.6) is 0 Å². The van der Waals surface area contributed by atoms with Crippen LogP contribution in [0.2, 0.25) is 0 Å². The van der Waals surface area contributed by atoms with Crippen LogP contribution in [0.25, 0.3) is 0 Å². The highest BCUT2D eigenvalue weighted by Crippen LogP contribution is 2.60. The van der Waals surface area contributed by atoms with Crippen LogP contribution in [0.15, 0.2) is 42.5 Å². The van der Waals surface area contributed by atoms with E-state index in [0.29, 0.717) is 5.69 Å². The number of para-hydroxylation sites is 2. The summed E-state index contributed by atoms with van der Waals surface area (Å²) in [6, 6.07) is 13.3. The van der Waals surface area contributed by atoms with Crippen molar-refractivity contribution in [2.45, 2.75) is 38.3 Å². The number of anilines is 2. The van der Waals surface area contributed by atoms with E-state index in [4.69, 9.17) is 0 Å². The summed E-state index contributed by atoms with van der Waals surface area (Å²) in [5, 5.41) is 3.01. The molecule has 4 heterocycles. The summed E-state index contributed by atoms with van der Waals surface area (Å²) in [6.07, 6.45) is 1.76. The maximum atomic E-state index is 13.9. The fourth-order valence-electron chi connectivity index (χ4n) is 6.54. The van der Waals surface area contributed by atoms with Crippen LogP contribution in [0, 0.1) is 25.7 Å². The summed E-state index contributed by atoms with van der Waals surface area (Å²) < 4.78 is 0. The van der Waals surface area contributed by atoms with Crippen LogP contribution >= 0.6 is 0 Å². The fourth-order valence-corrected chi connectivity index (χ4v) is 6.54. The average molecular weight is 401 g/mol. The topological polar surface area (TPSA) is 69.7 Å². The van der Waals surface area contributed by atoms with Crippen molar-refractivity contribution in [3.63, 3.8) is 0 Å². The van der Waals surface area contributed by atoms with Crippen LogP contribution in [-0.4, -0.2) is 35.2 Å². The molecule has 6 heteroatoms. The number of imide groups is 1. The number of rotatable bonds is 1. The average Bonchev–Trinajstić information content (AvgIpc) is 3.42. The van der Waals surface area contributed by atoms with Crippen molar-refractivity contribution in [2.75, 3.05) is 16.8 Å². The van der Waals surface area contributed by atoms with Crippen molar-refractivity contribution >= 4 is 29.1 Å². The summed E-state index contributed by atoms with van der Waals surface area (Å²) in [7, 11) is 0. The molecule has 0 aromatic heterocycles. The van der Waals surface area contributed by atoms with Crippen molar-refractivity contribution in [3.05, 3.63) is 59.2 Å². The lowest BCUT2D eigenvalue weighted by atomic mass is 9.75. The SMILES string of the molecule is Cc1cccc(C)c1N1C(=O)[C@H]2[C@@H](C1=O)[C@@]1(C(=O)Nc3ccccc31)N1CCC[C@@H]21. The van der Waals surface area contributed by atoms with E-state index in [0.717, 1.165) is 41.8 Å². The molecule has 30 heavy (non-hydrogen) atoms. The Morgan fingerprint density at radius 3 is 2.47 bits per heavy atom. The number of hydrogen-bond acceptors (Lipinski definition) is 4. The second-order valence-electron chi connectivity index (χ2n) is 8.92. The summed E-state index contributed by atoms with van der Waals surface area (Å²) in [5.74, 6) is -1.77. The van der Waals surface area contributed by atoms with Gasteiger partial charge in [0.05, 0.1) is 17.5 Å². The van der Waals surface area contributed by atoms with Gasteiger partial charge in [0.25, 0.3) is 0 Å². The van der Waals surface area contributed by atoms with Crippen LogP contribution < -0.4 is 10.2 Å². The standard InChI is InChI=1S/C24H23N3O3/c1-13-7-5-8-14(2)20(13)27-21(28)18-17-11-6-12-26(17)24(19(18)22(27)29)15-9-3-4-10-16(15)25-23(24)30/h3-5,7-10,17-19H,6,11-12H2,1-2H3,(H,25,30)/t17-,18+,19-,24-/m0/s1. The number of fused-ring (bicyclic) bond motifs is 7. The van der Waals surface area contributed by atoms with E-state index in [2.05, 4.69) is 10.2 Å². The highest BCUT2D eigenvalue weighted by molar-refractivity contribution is 6.26. The predicted molar refractivity (Wildman–Crippen MR) is 112 cm³/mol. The van der Waals surface area contributed by atoms with Crippen molar-refractivity contribution in [1.29, 1.82) is 0 Å². The molecule has 0 unspecified atom stereocenters. The zero-order valence-corrected chi connectivity index (χ0v) is 17.0. The summed E-state index contributed by atoms with van der Waals surface area (Å²) in [6.45, 7) is 4.57. The van der Waals surface area contributed by atoms with E-state index in [-0.39, 0.29) is 23.8 Å². The summed E-state index contributed by atoms with van der Waals surface area (Å²) in [5.41, 5.74) is 2.95. The van der Waals surface area contributed by atoms with E-state index < -0.39 is 17.4 Å². The zero-order chi connectivity index (χ0) is 20.8. The minimum absolute atomic E-state index is 0.0855.